The van der Waals surface area contributed by atoms with Gasteiger partial charge in [0.25, 0.3) is 0 Å². The third kappa shape index (κ3) is 4.44. The van der Waals surface area contributed by atoms with Crippen LogP contribution < -0.4 is 5.32 Å². The van der Waals surface area contributed by atoms with Crippen LogP contribution in [0.15, 0.2) is 6.07 Å². The van der Waals surface area contributed by atoms with E-state index in [1.807, 2.05) is 0 Å². The van der Waals surface area contributed by atoms with Crippen molar-refractivity contribution in [3.63, 3.8) is 0 Å². The highest BCUT2D eigenvalue weighted by Crippen LogP contribution is 2.12. The summed E-state index contributed by atoms with van der Waals surface area (Å²) in [6.45, 7) is 3.42. The van der Waals surface area contributed by atoms with Crippen LogP contribution in [-0.2, 0) is 11.3 Å². The summed E-state index contributed by atoms with van der Waals surface area (Å²) < 4.78 is 4.95. The zero-order valence-corrected chi connectivity index (χ0v) is 9.84. The molecule has 0 unspecified atom stereocenters. The first-order valence-corrected chi connectivity index (χ1v) is 5.40. The molecule has 15 heavy (non-hydrogen) atoms. The van der Waals surface area contributed by atoms with Gasteiger partial charge in [0.05, 0.1) is 0 Å². The van der Waals surface area contributed by atoms with E-state index in [9.17, 15) is 0 Å². The number of nitrogens with one attached hydrogen (secondary N) is 1. The number of anilines is 1. The van der Waals surface area contributed by atoms with Crippen molar-refractivity contribution >= 4 is 17.4 Å². The molecule has 0 spiro atoms. The molecular weight excluding hydrogens is 214 g/mol. The molecular formula is C10H16ClN3O. The van der Waals surface area contributed by atoms with Crippen molar-refractivity contribution in [2.45, 2.75) is 26.4 Å². The van der Waals surface area contributed by atoms with E-state index in [-0.39, 0.29) is 0 Å². The molecule has 84 valence electrons. The molecule has 1 N–H and O–H groups in total. The van der Waals surface area contributed by atoms with E-state index in [4.69, 9.17) is 16.3 Å². The van der Waals surface area contributed by atoms with Crippen LogP contribution >= 0.6 is 11.6 Å². The lowest BCUT2D eigenvalue weighted by Gasteiger charge is -2.06. The molecule has 0 amide bonds. The maximum Gasteiger partial charge on any atom is 0.158 e. The second-order valence-electron chi connectivity index (χ2n) is 3.21. The lowest BCUT2D eigenvalue weighted by molar-refractivity contribution is 0.178. The van der Waals surface area contributed by atoms with Gasteiger partial charge in [-0.25, -0.2) is 9.97 Å². The fourth-order valence-electron chi connectivity index (χ4n) is 1.14. The summed E-state index contributed by atoms with van der Waals surface area (Å²) in [5.41, 5.74) is 0. The van der Waals surface area contributed by atoms with Crippen molar-refractivity contribution in [2.75, 3.05) is 19.0 Å². The first-order chi connectivity index (χ1) is 7.26. The van der Waals surface area contributed by atoms with Gasteiger partial charge in [-0.3, -0.25) is 0 Å². The molecule has 0 saturated carbocycles. The summed E-state index contributed by atoms with van der Waals surface area (Å²) >= 11 is 5.85. The van der Waals surface area contributed by atoms with Gasteiger partial charge in [-0.2, -0.15) is 0 Å². The molecule has 0 saturated heterocycles. The molecule has 0 aliphatic rings. The summed E-state index contributed by atoms with van der Waals surface area (Å²) in [6, 6.07) is 1.72. The van der Waals surface area contributed by atoms with Crippen molar-refractivity contribution in [3.05, 3.63) is 17.0 Å². The Morgan fingerprint density at radius 1 is 1.47 bits per heavy atom. The van der Waals surface area contributed by atoms with Crippen LogP contribution in [0.3, 0.4) is 0 Å². The van der Waals surface area contributed by atoms with Crippen LogP contribution in [0.25, 0.3) is 0 Å². The van der Waals surface area contributed by atoms with E-state index in [2.05, 4.69) is 22.2 Å². The molecule has 0 aromatic carbocycles. The highest BCUT2D eigenvalue weighted by atomic mass is 35.5. The van der Waals surface area contributed by atoms with Gasteiger partial charge >= 0.3 is 0 Å². The maximum atomic E-state index is 5.85. The van der Waals surface area contributed by atoms with Crippen molar-refractivity contribution < 1.29 is 4.74 Å². The summed E-state index contributed by atoms with van der Waals surface area (Å²) in [5.74, 6) is 1.36. The van der Waals surface area contributed by atoms with Crippen LogP contribution in [0.4, 0.5) is 5.82 Å². The second kappa shape index (κ2) is 6.58. The van der Waals surface area contributed by atoms with E-state index in [1.165, 1.54) is 0 Å². The predicted molar refractivity (Wildman–Crippen MR) is 61.2 cm³/mol. The van der Waals surface area contributed by atoms with Gasteiger partial charge in [-0.1, -0.05) is 24.9 Å². The first kappa shape index (κ1) is 12.2. The zero-order valence-electron chi connectivity index (χ0n) is 9.09. The minimum absolute atomic E-state index is 0.378. The number of hydrogen-bond donors (Lipinski definition) is 1. The molecule has 1 aromatic rings. The summed E-state index contributed by atoms with van der Waals surface area (Å²) in [6.07, 6.45) is 2.26. The lowest BCUT2D eigenvalue weighted by atomic mass is 10.3. The second-order valence-corrected chi connectivity index (χ2v) is 3.59. The quantitative estimate of drug-likeness (QED) is 0.602. The first-order valence-electron chi connectivity index (χ1n) is 5.02. The van der Waals surface area contributed by atoms with Gasteiger partial charge in [0.1, 0.15) is 17.6 Å². The standard InChI is InChI=1S/C10H16ClN3O/c1-3-4-5-12-9-6-8(11)13-10(14-9)7-15-2/h6H,3-5,7H2,1-2H3,(H,12,13,14). The number of rotatable bonds is 6. The molecule has 0 radical (unpaired) electrons. The highest BCUT2D eigenvalue weighted by Gasteiger charge is 2.02. The van der Waals surface area contributed by atoms with Gasteiger partial charge in [0.15, 0.2) is 5.82 Å². The van der Waals surface area contributed by atoms with Crippen molar-refractivity contribution in [1.82, 2.24) is 9.97 Å². The Balaban J connectivity index is 2.62. The number of unbranched alkanes of at least 4 members (excludes halogenated alkanes) is 1. The van der Waals surface area contributed by atoms with Crippen LogP contribution in [-0.4, -0.2) is 23.6 Å². The summed E-state index contributed by atoms with van der Waals surface area (Å²) in [7, 11) is 1.61. The van der Waals surface area contributed by atoms with E-state index in [0.717, 1.165) is 25.2 Å². The number of methoxy groups -OCH3 is 1. The Morgan fingerprint density at radius 3 is 2.93 bits per heavy atom. The normalized spacial score (nSPS) is 10.3. The maximum absolute atomic E-state index is 5.85. The fraction of sp³-hybridized carbons (Fsp3) is 0.600. The SMILES string of the molecule is CCCCNc1cc(Cl)nc(COC)n1. The van der Waals surface area contributed by atoms with Gasteiger partial charge in [0.2, 0.25) is 0 Å². The number of hydrogen-bond acceptors (Lipinski definition) is 4. The molecule has 1 rings (SSSR count). The fourth-order valence-corrected chi connectivity index (χ4v) is 1.34. The van der Waals surface area contributed by atoms with Gasteiger partial charge < -0.3 is 10.1 Å². The molecule has 1 aromatic heterocycles. The van der Waals surface area contributed by atoms with Crippen molar-refractivity contribution in [2.24, 2.45) is 0 Å². The molecule has 0 aliphatic carbocycles. The highest BCUT2D eigenvalue weighted by molar-refractivity contribution is 6.29. The van der Waals surface area contributed by atoms with E-state index in [0.29, 0.717) is 17.6 Å². The summed E-state index contributed by atoms with van der Waals surface area (Å²) in [4.78, 5) is 8.30. The predicted octanol–water partition coefficient (Wildman–Crippen LogP) is 2.49. The minimum atomic E-state index is 0.378. The molecule has 1 heterocycles. The van der Waals surface area contributed by atoms with Gasteiger partial charge in [0, 0.05) is 19.7 Å². The Morgan fingerprint density at radius 2 is 2.27 bits per heavy atom. The third-order valence-corrected chi connectivity index (χ3v) is 2.04. The average molecular weight is 230 g/mol. The topological polar surface area (TPSA) is 47.0 Å². The molecule has 5 heteroatoms. The Bertz CT molecular complexity index is 307. The minimum Gasteiger partial charge on any atom is -0.377 e. The van der Waals surface area contributed by atoms with Crippen LogP contribution in [0.5, 0.6) is 0 Å². The van der Waals surface area contributed by atoms with Crippen LogP contribution in [0.2, 0.25) is 5.15 Å². The van der Waals surface area contributed by atoms with E-state index >= 15 is 0 Å². The number of ether oxygens (including phenoxy) is 1. The number of nitrogens with zero attached hydrogens (tertiary/aromatic N) is 2. The van der Waals surface area contributed by atoms with Gasteiger partial charge in [-0.15, -0.1) is 0 Å². The van der Waals surface area contributed by atoms with Crippen molar-refractivity contribution in [1.29, 1.82) is 0 Å². The molecule has 4 nitrogen and oxygen atoms in total. The lowest BCUT2D eigenvalue weighted by Crippen LogP contribution is -2.06. The van der Waals surface area contributed by atoms with Crippen LogP contribution in [0, 0.1) is 0 Å². The van der Waals surface area contributed by atoms with E-state index in [1.54, 1.807) is 13.2 Å². The smallest absolute Gasteiger partial charge is 0.158 e. The average Bonchev–Trinajstić information content (AvgIpc) is 2.18. The Labute approximate surface area is 95.0 Å². The monoisotopic (exact) mass is 229 g/mol. The van der Waals surface area contributed by atoms with E-state index < -0.39 is 0 Å². The number of halogens is 1. The Hall–Kier alpha value is -0.870. The largest absolute Gasteiger partial charge is 0.377 e. The molecule has 0 bridgehead atoms. The van der Waals surface area contributed by atoms with Gasteiger partial charge in [-0.05, 0) is 6.42 Å². The zero-order chi connectivity index (χ0) is 11.1. The van der Waals surface area contributed by atoms with Crippen LogP contribution in [0.1, 0.15) is 25.6 Å². The number of aromatic nitrogens is 2. The summed E-state index contributed by atoms with van der Waals surface area (Å²) in [5, 5.41) is 3.63. The third-order valence-electron chi connectivity index (χ3n) is 1.85. The molecule has 0 aliphatic heterocycles. The molecule has 0 atom stereocenters. The molecule has 0 fully saturated rings. The van der Waals surface area contributed by atoms with Crippen molar-refractivity contribution in [3.8, 4) is 0 Å². The Kier molecular flexibility index (Phi) is 5.36.